The lowest BCUT2D eigenvalue weighted by Gasteiger charge is -2.32. The first-order valence-electron chi connectivity index (χ1n) is 8.58. The number of aromatic nitrogens is 2. The second-order valence-corrected chi connectivity index (χ2v) is 7.07. The summed E-state index contributed by atoms with van der Waals surface area (Å²) in [6.45, 7) is 7.47. The Bertz CT molecular complexity index is 608. The molecule has 0 bridgehead atoms. The normalized spacial score (nSPS) is 22.3. The van der Waals surface area contributed by atoms with Crippen LogP contribution >= 0.6 is 0 Å². The summed E-state index contributed by atoms with van der Waals surface area (Å²) in [6.07, 6.45) is 5.25. The molecule has 2 amide bonds. The van der Waals surface area contributed by atoms with Gasteiger partial charge in [0.15, 0.2) is 0 Å². The van der Waals surface area contributed by atoms with Gasteiger partial charge in [-0.05, 0) is 25.7 Å². The molecule has 0 radical (unpaired) electrons. The number of likely N-dealkylation sites (tertiary alicyclic amines) is 1. The van der Waals surface area contributed by atoms with Gasteiger partial charge in [0.2, 0.25) is 11.8 Å². The largest absolute Gasteiger partial charge is 0.350 e. The van der Waals surface area contributed by atoms with Gasteiger partial charge in [-0.15, -0.1) is 0 Å². The summed E-state index contributed by atoms with van der Waals surface area (Å²) in [6, 6.07) is -0.238. The van der Waals surface area contributed by atoms with E-state index in [9.17, 15) is 9.59 Å². The van der Waals surface area contributed by atoms with Crippen LogP contribution in [-0.4, -0.2) is 44.9 Å². The smallest absolute Gasteiger partial charge is 0.243 e. The van der Waals surface area contributed by atoms with Crippen molar-refractivity contribution in [1.29, 1.82) is 0 Å². The van der Waals surface area contributed by atoms with E-state index in [1.165, 1.54) is 0 Å². The molecular formula is C17H26N4O2. The predicted molar refractivity (Wildman–Crippen MR) is 86.8 cm³/mol. The van der Waals surface area contributed by atoms with Crippen LogP contribution in [0.2, 0.25) is 0 Å². The van der Waals surface area contributed by atoms with Gasteiger partial charge >= 0.3 is 0 Å². The van der Waals surface area contributed by atoms with Crippen molar-refractivity contribution in [3.05, 3.63) is 17.7 Å². The Labute approximate surface area is 137 Å². The van der Waals surface area contributed by atoms with Crippen LogP contribution in [0.4, 0.5) is 0 Å². The van der Waals surface area contributed by atoms with E-state index in [0.29, 0.717) is 13.0 Å². The second-order valence-electron chi connectivity index (χ2n) is 7.07. The lowest BCUT2D eigenvalue weighted by molar-refractivity contribution is -0.139. The lowest BCUT2D eigenvalue weighted by Crippen LogP contribution is -2.53. The van der Waals surface area contributed by atoms with Gasteiger partial charge in [-0.3, -0.25) is 9.59 Å². The van der Waals surface area contributed by atoms with Gasteiger partial charge < -0.3 is 14.8 Å². The van der Waals surface area contributed by atoms with Crippen molar-refractivity contribution < 1.29 is 9.59 Å². The van der Waals surface area contributed by atoms with Crippen LogP contribution in [0.5, 0.6) is 0 Å². The van der Waals surface area contributed by atoms with Gasteiger partial charge in [-0.25, -0.2) is 4.98 Å². The molecule has 2 atom stereocenters. The molecule has 1 aromatic heterocycles. The molecule has 3 rings (SSSR count). The Balaban J connectivity index is 1.66. The number of rotatable bonds is 4. The van der Waals surface area contributed by atoms with Gasteiger partial charge in [0.25, 0.3) is 0 Å². The summed E-state index contributed by atoms with van der Waals surface area (Å²) in [4.78, 5) is 31.0. The number of hydrogen-bond acceptors (Lipinski definition) is 3. The average molecular weight is 318 g/mol. The van der Waals surface area contributed by atoms with Gasteiger partial charge in [0, 0.05) is 38.2 Å². The standard InChI is InChI=1S/C17H26N4O2/c1-11(2)16(21-8-4-5-15(21)22)17(23)19-13-6-7-14-18-12(3)9-20(14)10-13/h9,11,13,16H,4-8,10H2,1-3H3,(H,19,23)/t13-,16+/m1/s1. The highest BCUT2D eigenvalue weighted by Crippen LogP contribution is 2.21. The monoisotopic (exact) mass is 318 g/mol. The van der Waals surface area contributed by atoms with E-state index in [2.05, 4.69) is 14.9 Å². The van der Waals surface area contributed by atoms with Crippen molar-refractivity contribution in [2.24, 2.45) is 5.92 Å². The summed E-state index contributed by atoms with van der Waals surface area (Å²) >= 11 is 0. The third kappa shape index (κ3) is 3.26. The SMILES string of the molecule is Cc1cn2c(n1)CC[C@@H](NC(=O)[C@H](C(C)C)N1CCCC1=O)C2. The number of carbonyl (C=O) groups excluding carboxylic acids is 2. The molecule has 1 N–H and O–H groups in total. The summed E-state index contributed by atoms with van der Waals surface area (Å²) in [5, 5.41) is 3.17. The zero-order valence-corrected chi connectivity index (χ0v) is 14.2. The van der Waals surface area contributed by atoms with E-state index >= 15 is 0 Å². The quantitative estimate of drug-likeness (QED) is 0.909. The summed E-state index contributed by atoms with van der Waals surface area (Å²) in [5.41, 5.74) is 1.02. The highest BCUT2D eigenvalue weighted by molar-refractivity contribution is 5.89. The first-order valence-corrected chi connectivity index (χ1v) is 8.58. The molecule has 0 aromatic carbocycles. The topological polar surface area (TPSA) is 67.2 Å². The number of aryl methyl sites for hydroxylation is 2. The molecule has 6 heteroatoms. The lowest BCUT2D eigenvalue weighted by atomic mass is 10.00. The molecule has 1 saturated heterocycles. The van der Waals surface area contributed by atoms with E-state index in [1.54, 1.807) is 4.90 Å². The van der Waals surface area contributed by atoms with E-state index < -0.39 is 0 Å². The fourth-order valence-electron chi connectivity index (χ4n) is 3.76. The molecular weight excluding hydrogens is 292 g/mol. The third-order valence-corrected chi connectivity index (χ3v) is 4.81. The minimum absolute atomic E-state index is 0.0134. The van der Waals surface area contributed by atoms with E-state index in [1.807, 2.05) is 27.0 Å². The predicted octanol–water partition coefficient (Wildman–Crippen LogP) is 1.27. The maximum atomic E-state index is 12.8. The third-order valence-electron chi connectivity index (χ3n) is 4.81. The van der Waals surface area contributed by atoms with Gasteiger partial charge in [-0.2, -0.15) is 0 Å². The molecule has 0 spiro atoms. The number of imidazole rings is 1. The van der Waals surface area contributed by atoms with Crippen molar-refractivity contribution in [2.45, 2.75) is 65.1 Å². The zero-order chi connectivity index (χ0) is 16.6. The molecule has 3 heterocycles. The van der Waals surface area contributed by atoms with Crippen LogP contribution in [0.3, 0.4) is 0 Å². The molecule has 0 aliphatic carbocycles. The van der Waals surface area contributed by atoms with Crippen molar-refractivity contribution in [1.82, 2.24) is 19.8 Å². The van der Waals surface area contributed by atoms with Crippen LogP contribution in [0.15, 0.2) is 6.20 Å². The van der Waals surface area contributed by atoms with E-state index in [4.69, 9.17) is 0 Å². The Morgan fingerprint density at radius 3 is 2.83 bits per heavy atom. The maximum absolute atomic E-state index is 12.8. The first kappa shape index (κ1) is 16.0. The maximum Gasteiger partial charge on any atom is 0.243 e. The fourth-order valence-corrected chi connectivity index (χ4v) is 3.76. The zero-order valence-electron chi connectivity index (χ0n) is 14.2. The van der Waals surface area contributed by atoms with Crippen molar-refractivity contribution >= 4 is 11.8 Å². The molecule has 126 valence electrons. The van der Waals surface area contributed by atoms with Crippen LogP contribution in [0.1, 0.15) is 44.6 Å². The van der Waals surface area contributed by atoms with Crippen LogP contribution in [0, 0.1) is 12.8 Å². The van der Waals surface area contributed by atoms with Crippen molar-refractivity contribution in [3.8, 4) is 0 Å². The van der Waals surface area contributed by atoms with Gasteiger partial charge in [0.05, 0.1) is 5.69 Å². The van der Waals surface area contributed by atoms with Crippen molar-refractivity contribution in [2.75, 3.05) is 6.54 Å². The molecule has 23 heavy (non-hydrogen) atoms. The van der Waals surface area contributed by atoms with Crippen molar-refractivity contribution in [3.63, 3.8) is 0 Å². The molecule has 2 aliphatic heterocycles. The number of nitrogens with zero attached hydrogens (tertiary/aromatic N) is 3. The molecule has 0 saturated carbocycles. The Morgan fingerprint density at radius 2 is 2.17 bits per heavy atom. The summed E-state index contributed by atoms with van der Waals surface area (Å²) in [7, 11) is 0. The first-order chi connectivity index (χ1) is 11.0. The highest BCUT2D eigenvalue weighted by atomic mass is 16.2. The average Bonchev–Trinajstić information content (AvgIpc) is 3.03. The number of amides is 2. The molecule has 6 nitrogen and oxygen atoms in total. The Morgan fingerprint density at radius 1 is 1.39 bits per heavy atom. The second kappa shape index (κ2) is 6.34. The summed E-state index contributed by atoms with van der Waals surface area (Å²) < 4.78 is 2.13. The summed E-state index contributed by atoms with van der Waals surface area (Å²) in [5.74, 6) is 1.31. The van der Waals surface area contributed by atoms with Crippen LogP contribution in [-0.2, 0) is 22.6 Å². The number of hydrogen-bond donors (Lipinski definition) is 1. The van der Waals surface area contributed by atoms with E-state index in [-0.39, 0.29) is 29.8 Å². The van der Waals surface area contributed by atoms with Gasteiger partial charge in [0.1, 0.15) is 11.9 Å². The van der Waals surface area contributed by atoms with Gasteiger partial charge in [-0.1, -0.05) is 13.8 Å². The molecule has 1 fully saturated rings. The minimum atomic E-state index is -0.351. The molecule has 2 aliphatic rings. The fraction of sp³-hybridized carbons (Fsp3) is 0.706. The van der Waals surface area contributed by atoms with Crippen LogP contribution in [0.25, 0.3) is 0 Å². The Kier molecular flexibility index (Phi) is 4.41. The highest BCUT2D eigenvalue weighted by Gasteiger charge is 2.36. The minimum Gasteiger partial charge on any atom is -0.350 e. The number of carbonyl (C=O) groups is 2. The molecule has 1 aromatic rings. The number of nitrogens with one attached hydrogen (secondary N) is 1. The van der Waals surface area contributed by atoms with Crippen LogP contribution < -0.4 is 5.32 Å². The number of fused-ring (bicyclic) bond motifs is 1. The van der Waals surface area contributed by atoms with E-state index in [0.717, 1.165) is 37.3 Å². The Hall–Kier alpha value is -1.85. The molecule has 0 unspecified atom stereocenters.